The molecule has 1 spiro atoms. The Hall–Kier alpha value is -6.10. The van der Waals surface area contributed by atoms with Crippen molar-refractivity contribution < 1.29 is 53.8 Å². The van der Waals surface area contributed by atoms with Gasteiger partial charge in [-0.1, -0.05) is 69.3 Å². The zero-order valence-electron chi connectivity index (χ0n) is 39.8. The molecular formula is C52H65N5O11. The molecule has 5 aliphatic heterocycles. The first kappa shape index (κ1) is 49.8. The minimum atomic E-state index is -1.92. The van der Waals surface area contributed by atoms with Crippen LogP contribution >= 0.6 is 0 Å². The summed E-state index contributed by atoms with van der Waals surface area (Å²) in [5.41, 5.74) is 0.400. The SMILES string of the molecule is C/C1=C/C=C/C(C)[C@H](O)CC(O)C[C@H](OC(=O)CCCC(=O)NCc2ccccc2)CC/C=C/OC2(C)Oc3c(C)c(O)c4c(O)c(c5c(c4c3C2=O)=NC2(CCN(CC(C)C)CC2)N=5)NC1=O. The van der Waals surface area contributed by atoms with Crippen molar-refractivity contribution in [3.63, 3.8) is 0 Å². The molecule has 16 nitrogen and oxygen atoms in total. The van der Waals surface area contributed by atoms with Crippen LogP contribution in [0.4, 0.5) is 5.69 Å². The van der Waals surface area contributed by atoms with E-state index in [1.807, 2.05) is 30.3 Å². The lowest BCUT2D eigenvalue weighted by atomic mass is 9.93. The van der Waals surface area contributed by atoms with Crippen molar-refractivity contribution >= 4 is 40.0 Å². The zero-order valence-corrected chi connectivity index (χ0v) is 39.8. The van der Waals surface area contributed by atoms with Crippen LogP contribution in [0.2, 0.25) is 0 Å². The van der Waals surface area contributed by atoms with E-state index < -0.39 is 59.1 Å². The molecule has 2 amide bonds. The number of amides is 2. The average molecular weight is 936 g/mol. The van der Waals surface area contributed by atoms with Crippen LogP contribution in [0, 0.1) is 18.8 Å². The number of Topliss-reactive ketones (excluding diaryl/α,β-unsaturated/α-hetero) is 1. The predicted octanol–water partition coefficient (Wildman–Crippen LogP) is 5.85. The smallest absolute Gasteiger partial charge is 0.312 e. The number of fused-ring (bicyclic) bond motifs is 13. The molecule has 0 aliphatic carbocycles. The zero-order chi connectivity index (χ0) is 48.9. The number of carbonyl (C=O) groups is 4. The van der Waals surface area contributed by atoms with Crippen LogP contribution in [0.15, 0.2) is 76.5 Å². The highest BCUT2D eigenvalue weighted by Gasteiger charge is 2.50. The molecule has 5 atom stereocenters. The molecule has 8 rings (SSSR count). The number of aliphatic hydroxyl groups is 2. The van der Waals surface area contributed by atoms with Crippen molar-refractivity contribution in [3.8, 4) is 17.2 Å². The standard InChI is InChI=1S/C52H65N5O11/c1-30(2)29-57-23-21-52(22-24-57)55-43-40-41-46(62)33(5)48-42(40)49(64)51(6,68-48)66-25-11-10-18-36(67-39(61)20-13-19-38(60)53-28-34-16-8-7-9-17-34)26-35(58)27-37(59)31(3)14-12-15-32(4)50(65)54-45(47(41)63)44(43)56-52/h7-9,11-12,14-17,25,30-31,35-37,58-59,62-63H,10,13,18-24,26-29H2,1-6H3,(H,53,60)(H,54,65)/b14-12+,25-11+,32-15-/t31?,35?,36-,37-,51?/m1/s1. The number of anilines is 1. The van der Waals surface area contributed by atoms with Crippen molar-refractivity contribution in [3.05, 3.63) is 93.9 Å². The maximum absolute atomic E-state index is 14.7. The topological polar surface area (TPSA) is 229 Å². The van der Waals surface area contributed by atoms with Crippen molar-refractivity contribution in [1.82, 2.24) is 10.2 Å². The Balaban J connectivity index is 1.18. The van der Waals surface area contributed by atoms with Gasteiger partial charge in [-0.2, -0.15) is 0 Å². The van der Waals surface area contributed by atoms with Gasteiger partial charge in [0.25, 0.3) is 11.7 Å². The first-order valence-corrected chi connectivity index (χ1v) is 23.7. The van der Waals surface area contributed by atoms with E-state index >= 15 is 0 Å². The fourth-order valence-electron chi connectivity index (χ4n) is 9.24. The van der Waals surface area contributed by atoms with Gasteiger partial charge in [0.15, 0.2) is 11.4 Å². The Morgan fingerprint density at radius 2 is 1.72 bits per heavy atom. The molecule has 5 heterocycles. The van der Waals surface area contributed by atoms with Crippen LogP contribution < -0.4 is 26.1 Å². The largest absolute Gasteiger partial charge is 0.507 e. The highest BCUT2D eigenvalue weighted by atomic mass is 16.7. The number of likely N-dealkylation sites (tertiary alicyclic amines) is 1. The lowest BCUT2D eigenvalue weighted by Crippen LogP contribution is -2.43. The van der Waals surface area contributed by atoms with Gasteiger partial charge >= 0.3 is 11.8 Å². The van der Waals surface area contributed by atoms with Crippen LogP contribution in [0.5, 0.6) is 17.2 Å². The van der Waals surface area contributed by atoms with E-state index in [4.69, 9.17) is 24.2 Å². The lowest BCUT2D eigenvalue weighted by molar-refractivity contribution is -0.151. The maximum Gasteiger partial charge on any atom is 0.312 e. The van der Waals surface area contributed by atoms with Crippen molar-refractivity contribution in [1.29, 1.82) is 0 Å². The summed E-state index contributed by atoms with van der Waals surface area (Å²) >= 11 is 0. The van der Waals surface area contributed by atoms with Crippen LogP contribution in [0.1, 0.15) is 114 Å². The fourth-order valence-corrected chi connectivity index (χ4v) is 9.24. The van der Waals surface area contributed by atoms with E-state index in [2.05, 4.69) is 29.4 Å². The van der Waals surface area contributed by atoms with E-state index in [0.29, 0.717) is 38.4 Å². The third-order valence-electron chi connectivity index (χ3n) is 13.2. The second-order valence-electron chi connectivity index (χ2n) is 19.2. The van der Waals surface area contributed by atoms with Crippen LogP contribution in [0.25, 0.3) is 10.8 Å². The molecule has 1 fully saturated rings. The number of phenolic OH excluding ortho intramolecular Hbond substituents is 2. The van der Waals surface area contributed by atoms with Gasteiger partial charge in [-0.15, -0.1) is 0 Å². The summed E-state index contributed by atoms with van der Waals surface area (Å²) < 4.78 is 18.1. The minimum Gasteiger partial charge on any atom is -0.507 e. The van der Waals surface area contributed by atoms with Crippen molar-refractivity contribution in [2.45, 2.75) is 136 Å². The van der Waals surface area contributed by atoms with E-state index in [1.165, 1.54) is 13.2 Å². The van der Waals surface area contributed by atoms with Gasteiger partial charge in [0.2, 0.25) is 5.91 Å². The van der Waals surface area contributed by atoms with Gasteiger partial charge in [-0.05, 0) is 57.1 Å². The fraction of sp³-hybridized carbons (Fsp3) is 0.500. The molecule has 68 heavy (non-hydrogen) atoms. The third-order valence-corrected chi connectivity index (χ3v) is 13.2. The number of rotatable bonds is 9. The number of carbonyl (C=O) groups excluding carboxylic acids is 4. The molecule has 3 unspecified atom stereocenters. The van der Waals surface area contributed by atoms with Crippen LogP contribution in [0.3, 0.4) is 0 Å². The monoisotopic (exact) mass is 935 g/mol. The number of esters is 1. The summed E-state index contributed by atoms with van der Waals surface area (Å²) in [6, 6.07) is 9.49. The summed E-state index contributed by atoms with van der Waals surface area (Å²) in [6.45, 7) is 13.4. The number of hydrogen-bond donors (Lipinski definition) is 6. The number of benzene rings is 3. The Labute approximate surface area is 396 Å². The van der Waals surface area contributed by atoms with Gasteiger partial charge in [-0.3, -0.25) is 29.2 Å². The molecule has 5 aliphatic rings. The minimum absolute atomic E-state index is 0.0164. The molecule has 5 bridgehead atoms. The molecule has 3 aromatic rings. The number of allylic oxidation sites excluding steroid dienone is 3. The molecular weight excluding hydrogens is 871 g/mol. The molecule has 1 saturated heterocycles. The Morgan fingerprint density at radius 3 is 2.44 bits per heavy atom. The molecule has 3 aromatic carbocycles. The van der Waals surface area contributed by atoms with E-state index in [-0.39, 0.29) is 106 Å². The number of ketones is 1. The first-order valence-electron chi connectivity index (χ1n) is 23.7. The molecule has 0 radical (unpaired) electrons. The number of piperidine rings is 1. The first-order chi connectivity index (χ1) is 32.4. The number of nitrogens with one attached hydrogen (secondary N) is 2. The van der Waals surface area contributed by atoms with Crippen LogP contribution in [-0.4, -0.2) is 98.3 Å². The third kappa shape index (κ3) is 11.1. The highest BCUT2D eigenvalue weighted by Crippen LogP contribution is 2.50. The number of phenols is 2. The summed E-state index contributed by atoms with van der Waals surface area (Å²) in [4.78, 5) is 66.8. The summed E-state index contributed by atoms with van der Waals surface area (Å²) in [5, 5.41) is 52.3. The quantitative estimate of drug-likeness (QED) is 0.110. The second-order valence-corrected chi connectivity index (χ2v) is 19.2. The maximum atomic E-state index is 14.7. The van der Waals surface area contributed by atoms with Gasteiger partial charge < -0.3 is 50.2 Å². The summed E-state index contributed by atoms with van der Waals surface area (Å²) in [7, 11) is 0. The van der Waals surface area contributed by atoms with Gasteiger partial charge in [0.05, 0.1) is 34.8 Å². The van der Waals surface area contributed by atoms with E-state index in [9.17, 15) is 39.6 Å². The molecule has 6 N–H and O–H groups in total. The van der Waals surface area contributed by atoms with Gasteiger partial charge in [0, 0.05) is 87.6 Å². The number of aromatic hydroxyl groups is 2. The summed E-state index contributed by atoms with van der Waals surface area (Å²) in [5.74, 6) is -4.62. The molecule has 0 saturated carbocycles. The number of hydrogen-bond acceptors (Lipinski definition) is 14. The predicted molar refractivity (Wildman–Crippen MR) is 254 cm³/mol. The van der Waals surface area contributed by atoms with Gasteiger partial charge in [0.1, 0.15) is 28.6 Å². The lowest BCUT2D eigenvalue weighted by Gasteiger charge is -2.36. The van der Waals surface area contributed by atoms with E-state index in [0.717, 1.165) is 12.1 Å². The Morgan fingerprint density at radius 1 is 1.00 bits per heavy atom. The molecule has 364 valence electrons. The Bertz CT molecular complexity index is 2640. The highest BCUT2D eigenvalue weighted by molar-refractivity contribution is 6.19. The number of ether oxygens (including phenoxy) is 3. The van der Waals surface area contributed by atoms with Crippen molar-refractivity contribution in [2.75, 3.05) is 25.0 Å². The normalized spacial score (nSPS) is 25.9. The number of nitrogens with zero attached hydrogens (tertiary/aromatic N) is 3. The average Bonchev–Trinajstić information content (AvgIpc) is 3.79. The van der Waals surface area contributed by atoms with Crippen LogP contribution in [-0.2, 0) is 30.4 Å². The van der Waals surface area contributed by atoms with Crippen molar-refractivity contribution in [2.24, 2.45) is 21.8 Å². The van der Waals surface area contributed by atoms with E-state index in [1.54, 1.807) is 45.1 Å². The van der Waals surface area contributed by atoms with Gasteiger partial charge in [-0.25, -0.2) is 0 Å². The second kappa shape index (κ2) is 21.0. The Kier molecular flexibility index (Phi) is 15.4. The summed E-state index contributed by atoms with van der Waals surface area (Å²) in [6.07, 6.45) is 6.95. The molecule has 0 aromatic heterocycles. The molecule has 16 heteroatoms. The number of aliphatic hydroxyl groups excluding tert-OH is 2.